The Morgan fingerprint density at radius 2 is 2.21 bits per heavy atom. The summed E-state index contributed by atoms with van der Waals surface area (Å²) in [6, 6.07) is 7.93. The predicted molar refractivity (Wildman–Crippen MR) is 81.6 cm³/mol. The monoisotopic (exact) mass is 324 g/mol. The van der Waals surface area contributed by atoms with Crippen molar-refractivity contribution in [2.75, 3.05) is 25.2 Å². The van der Waals surface area contributed by atoms with Crippen LogP contribution in [0, 0.1) is 0 Å². The molecule has 0 bridgehead atoms. The van der Waals surface area contributed by atoms with E-state index in [9.17, 15) is 0 Å². The van der Waals surface area contributed by atoms with Crippen LogP contribution in [0.15, 0.2) is 22.7 Å². The Balaban J connectivity index is 1.66. The smallest absolute Gasteiger partial charge is 0.0670 e. The molecule has 1 atom stereocenters. The zero-order chi connectivity index (χ0) is 13.2. The van der Waals surface area contributed by atoms with E-state index in [-0.39, 0.29) is 0 Å². The SMILES string of the molecule is CN(c1ccc(CNC2CC2)c(Br)c1)C1CCOC1. The van der Waals surface area contributed by atoms with Crippen LogP contribution >= 0.6 is 15.9 Å². The maximum atomic E-state index is 5.46. The molecule has 4 heteroatoms. The maximum Gasteiger partial charge on any atom is 0.0670 e. The number of hydrogen-bond donors (Lipinski definition) is 1. The van der Waals surface area contributed by atoms with Gasteiger partial charge in [-0.05, 0) is 37.0 Å². The third kappa shape index (κ3) is 3.30. The fraction of sp³-hybridized carbons (Fsp3) is 0.600. The predicted octanol–water partition coefficient (Wildman–Crippen LogP) is 2.93. The minimum Gasteiger partial charge on any atom is -0.379 e. The van der Waals surface area contributed by atoms with Gasteiger partial charge in [-0.2, -0.15) is 0 Å². The Hall–Kier alpha value is -0.580. The fourth-order valence-corrected chi connectivity index (χ4v) is 2.99. The first-order chi connectivity index (χ1) is 9.24. The molecule has 1 saturated heterocycles. The molecule has 3 rings (SSSR count). The van der Waals surface area contributed by atoms with Crippen molar-refractivity contribution in [2.24, 2.45) is 0 Å². The van der Waals surface area contributed by atoms with Gasteiger partial charge in [-0.15, -0.1) is 0 Å². The number of benzene rings is 1. The molecule has 0 aromatic heterocycles. The highest BCUT2D eigenvalue weighted by Gasteiger charge is 2.22. The van der Waals surface area contributed by atoms with Crippen LogP contribution in [0.25, 0.3) is 0 Å². The maximum absolute atomic E-state index is 5.46. The number of nitrogens with one attached hydrogen (secondary N) is 1. The van der Waals surface area contributed by atoms with Crippen molar-refractivity contribution in [1.29, 1.82) is 0 Å². The summed E-state index contributed by atoms with van der Waals surface area (Å²) in [5.74, 6) is 0. The Morgan fingerprint density at radius 3 is 2.84 bits per heavy atom. The molecule has 1 aliphatic carbocycles. The van der Waals surface area contributed by atoms with E-state index in [1.54, 1.807) is 0 Å². The quantitative estimate of drug-likeness (QED) is 0.901. The number of nitrogens with zero attached hydrogens (tertiary/aromatic N) is 1. The van der Waals surface area contributed by atoms with Crippen molar-refractivity contribution in [3.63, 3.8) is 0 Å². The molecule has 0 spiro atoms. The van der Waals surface area contributed by atoms with Gasteiger partial charge in [-0.3, -0.25) is 0 Å². The molecule has 1 heterocycles. The number of hydrogen-bond acceptors (Lipinski definition) is 3. The molecule has 1 aliphatic heterocycles. The number of likely N-dealkylation sites (N-methyl/N-ethyl adjacent to an activating group) is 1. The molecule has 2 fully saturated rings. The summed E-state index contributed by atoms with van der Waals surface area (Å²) in [4.78, 5) is 2.33. The molecule has 1 unspecified atom stereocenters. The van der Waals surface area contributed by atoms with Crippen LogP contribution in [0.4, 0.5) is 5.69 Å². The van der Waals surface area contributed by atoms with Crippen LogP contribution in [0.1, 0.15) is 24.8 Å². The van der Waals surface area contributed by atoms with Crippen LogP contribution in [0.5, 0.6) is 0 Å². The lowest BCUT2D eigenvalue weighted by atomic mass is 10.1. The Morgan fingerprint density at radius 1 is 1.37 bits per heavy atom. The van der Waals surface area contributed by atoms with E-state index in [1.165, 1.54) is 28.6 Å². The largest absolute Gasteiger partial charge is 0.379 e. The van der Waals surface area contributed by atoms with Gasteiger partial charge in [0, 0.05) is 36.4 Å². The standard InChI is InChI=1S/C15H21BrN2O/c1-18(14-6-7-19-10-14)13-5-2-11(15(16)8-13)9-17-12-3-4-12/h2,5,8,12,14,17H,3-4,6-7,9-10H2,1H3. The second kappa shape index (κ2) is 5.81. The van der Waals surface area contributed by atoms with Crippen molar-refractivity contribution < 1.29 is 4.74 Å². The molecule has 1 N–H and O–H groups in total. The van der Waals surface area contributed by atoms with Gasteiger partial charge in [0.25, 0.3) is 0 Å². The Kier molecular flexibility index (Phi) is 4.10. The number of anilines is 1. The van der Waals surface area contributed by atoms with Crippen molar-refractivity contribution in [2.45, 2.75) is 37.9 Å². The second-order valence-corrected chi connectivity index (χ2v) is 6.41. The number of ether oxygens (including phenoxy) is 1. The lowest BCUT2D eigenvalue weighted by molar-refractivity contribution is 0.193. The fourth-order valence-electron chi connectivity index (χ4n) is 2.48. The van der Waals surface area contributed by atoms with Crippen molar-refractivity contribution in [1.82, 2.24) is 5.32 Å². The second-order valence-electron chi connectivity index (χ2n) is 5.56. The first kappa shape index (κ1) is 13.4. The van der Waals surface area contributed by atoms with E-state index in [1.807, 2.05) is 0 Å². The molecular formula is C15H21BrN2O. The first-order valence-corrected chi connectivity index (χ1v) is 7.86. The first-order valence-electron chi connectivity index (χ1n) is 7.06. The van der Waals surface area contributed by atoms with Gasteiger partial charge in [0.05, 0.1) is 12.6 Å². The summed E-state index contributed by atoms with van der Waals surface area (Å²) in [6.07, 6.45) is 3.79. The highest BCUT2D eigenvalue weighted by Crippen LogP contribution is 2.27. The molecule has 1 aromatic carbocycles. The van der Waals surface area contributed by atoms with Crippen LogP contribution in [-0.4, -0.2) is 32.3 Å². The van der Waals surface area contributed by atoms with Crippen LogP contribution in [0.3, 0.4) is 0 Å². The Bertz CT molecular complexity index is 442. The summed E-state index contributed by atoms with van der Waals surface area (Å²) < 4.78 is 6.66. The topological polar surface area (TPSA) is 24.5 Å². The molecular weight excluding hydrogens is 304 g/mol. The molecule has 2 aliphatic rings. The highest BCUT2D eigenvalue weighted by atomic mass is 79.9. The number of rotatable bonds is 5. The summed E-state index contributed by atoms with van der Waals surface area (Å²) in [5.41, 5.74) is 2.60. The number of halogens is 1. The third-order valence-electron chi connectivity index (χ3n) is 4.06. The summed E-state index contributed by atoms with van der Waals surface area (Å²) in [7, 11) is 2.16. The van der Waals surface area contributed by atoms with Gasteiger partial charge in [0.2, 0.25) is 0 Å². The highest BCUT2D eigenvalue weighted by molar-refractivity contribution is 9.10. The molecule has 0 amide bonds. The van der Waals surface area contributed by atoms with Crippen LogP contribution < -0.4 is 10.2 Å². The summed E-state index contributed by atoms with van der Waals surface area (Å²) in [5, 5.41) is 3.55. The molecule has 1 aromatic rings. The van der Waals surface area contributed by atoms with Crippen molar-refractivity contribution in [3.8, 4) is 0 Å². The zero-order valence-corrected chi connectivity index (χ0v) is 12.9. The molecule has 19 heavy (non-hydrogen) atoms. The van der Waals surface area contributed by atoms with Gasteiger partial charge in [-0.25, -0.2) is 0 Å². The Labute approximate surface area is 123 Å². The van der Waals surface area contributed by atoms with E-state index in [4.69, 9.17) is 4.74 Å². The molecule has 3 nitrogen and oxygen atoms in total. The van der Waals surface area contributed by atoms with Gasteiger partial charge < -0.3 is 15.0 Å². The van der Waals surface area contributed by atoms with Crippen molar-refractivity contribution >= 4 is 21.6 Å². The van der Waals surface area contributed by atoms with Gasteiger partial charge in [0.15, 0.2) is 0 Å². The van der Waals surface area contributed by atoms with E-state index in [0.717, 1.165) is 32.2 Å². The van der Waals surface area contributed by atoms with Crippen molar-refractivity contribution in [3.05, 3.63) is 28.2 Å². The molecule has 0 radical (unpaired) electrons. The van der Waals surface area contributed by atoms with Gasteiger partial charge >= 0.3 is 0 Å². The lowest BCUT2D eigenvalue weighted by Gasteiger charge is -2.26. The average molecular weight is 325 g/mol. The lowest BCUT2D eigenvalue weighted by Crippen LogP contribution is -2.31. The molecule has 1 saturated carbocycles. The van der Waals surface area contributed by atoms with Crippen LogP contribution in [0.2, 0.25) is 0 Å². The van der Waals surface area contributed by atoms with Gasteiger partial charge in [-0.1, -0.05) is 22.0 Å². The average Bonchev–Trinajstić information content (AvgIpc) is 3.08. The third-order valence-corrected chi connectivity index (χ3v) is 4.79. The normalized spacial score (nSPS) is 22.7. The summed E-state index contributed by atoms with van der Waals surface area (Å²) >= 11 is 3.70. The van der Waals surface area contributed by atoms with E-state index >= 15 is 0 Å². The molecule has 104 valence electrons. The van der Waals surface area contributed by atoms with Gasteiger partial charge in [0.1, 0.15) is 0 Å². The van der Waals surface area contributed by atoms with E-state index in [2.05, 4.69) is 51.4 Å². The minimum atomic E-state index is 0.516. The minimum absolute atomic E-state index is 0.516. The summed E-state index contributed by atoms with van der Waals surface area (Å²) in [6.45, 7) is 2.69. The zero-order valence-electron chi connectivity index (χ0n) is 11.4. The van der Waals surface area contributed by atoms with E-state index in [0.29, 0.717) is 6.04 Å². The van der Waals surface area contributed by atoms with E-state index < -0.39 is 0 Å². The van der Waals surface area contributed by atoms with Crippen LogP contribution in [-0.2, 0) is 11.3 Å².